The summed E-state index contributed by atoms with van der Waals surface area (Å²) in [5, 5.41) is 3.54. The third kappa shape index (κ3) is 2.93. The Balaban J connectivity index is 2.00. The second-order valence-electron chi connectivity index (χ2n) is 4.44. The Morgan fingerprint density at radius 2 is 1.67 bits per heavy atom. The summed E-state index contributed by atoms with van der Waals surface area (Å²) in [5.74, 6) is 0.883. The largest absolute Gasteiger partial charge is 0.497 e. The molecular weight excluding hydrogens is 226 g/mol. The molecule has 0 bridgehead atoms. The van der Waals surface area contributed by atoms with Crippen LogP contribution in [0, 0.1) is 0 Å². The molecule has 1 aromatic carbocycles. The van der Waals surface area contributed by atoms with Crippen LogP contribution in [0.1, 0.15) is 37.1 Å². The van der Waals surface area contributed by atoms with E-state index >= 15 is 0 Å². The van der Waals surface area contributed by atoms with Gasteiger partial charge in [-0.2, -0.15) is 0 Å². The number of rotatable bonds is 5. The Bertz CT molecular complexity index is 462. The zero-order valence-electron chi connectivity index (χ0n) is 11.0. The van der Waals surface area contributed by atoms with Gasteiger partial charge in [0.25, 0.3) is 0 Å². The van der Waals surface area contributed by atoms with Crippen molar-refractivity contribution in [3.8, 4) is 5.75 Å². The maximum Gasteiger partial charge on any atom is 0.118 e. The zero-order valence-corrected chi connectivity index (χ0v) is 11.0. The van der Waals surface area contributed by atoms with Gasteiger partial charge < -0.3 is 14.5 Å². The highest BCUT2D eigenvalue weighted by atomic mass is 16.5. The van der Waals surface area contributed by atoms with Crippen LogP contribution in [0.4, 0.5) is 0 Å². The fraction of sp³-hybridized carbons (Fsp3) is 0.333. The van der Waals surface area contributed by atoms with Crippen molar-refractivity contribution in [1.82, 2.24) is 5.32 Å². The number of methoxy groups -OCH3 is 1. The Morgan fingerprint density at radius 3 is 2.22 bits per heavy atom. The van der Waals surface area contributed by atoms with Gasteiger partial charge >= 0.3 is 0 Å². The van der Waals surface area contributed by atoms with E-state index < -0.39 is 0 Å². The number of ether oxygens (including phenoxy) is 1. The predicted octanol–water partition coefficient (Wildman–Crippen LogP) is 3.70. The van der Waals surface area contributed by atoms with E-state index in [-0.39, 0.29) is 12.1 Å². The molecule has 0 saturated carbocycles. The van der Waals surface area contributed by atoms with Gasteiger partial charge in [0.1, 0.15) is 5.75 Å². The summed E-state index contributed by atoms with van der Waals surface area (Å²) in [6, 6.07) is 10.7. The summed E-state index contributed by atoms with van der Waals surface area (Å²) in [4.78, 5) is 0. The van der Waals surface area contributed by atoms with Gasteiger partial charge in [0.2, 0.25) is 0 Å². The van der Waals surface area contributed by atoms with E-state index in [1.807, 2.05) is 18.2 Å². The third-order valence-electron chi connectivity index (χ3n) is 3.16. The lowest BCUT2D eigenvalue weighted by Crippen LogP contribution is -2.22. The SMILES string of the molecule is COc1ccc([C@@H](C)NC(C)c2ccoc2)cc1. The molecule has 2 aromatic rings. The molecule has 0 spiro atoms. The summed E-state index contributed by atoms with van der Waals surface area (Å²) >= 11 is 0. The average molecular weight is 245 g/mol. The zero-order chi connectivity index (χ0) is 13.0. The van der Waals surface area contributed by atoms with Crippen molar-refractivity contribution < 1.29 is 9.15 Å². The van der Waals surface area contributed by atoms with E-state index in [0.29, 0.717) is 0 Å². The molecule has 2 atom stereocenters. The Labute approximate surface area is 108 Å². The van der Waals surface area contributed by atoms with E-state index in [1.165, 1.54) is 5.56 Å². The molecule has 1 aromatic heterocycles. The van der Waals surface area contributed by atoms with Crippen molar-refractivity contribution in [3.05, 3.63) is 54.0 Å². The van der Waals surface area contributed by atoms with Crippen molar-refractivity contribution in [1.29, 1.82) is 0 Å². The molecule has 0 fully saturated rings. The van der Waals surface area contributed by atoms with Crippen LogP contribution in [-0.2, 0) is 0 Å². The lowest BCUT2D eigenvalue weighted by molar-refractivity contribution is 0.414. The van der Waals surface area contributed by atoms with Crippen LogP contribution in [0.3, 0.4) is 0 Å². The highest BCUT2D eigenvalue weighted by Crippen LogP contribution is 2.21. The Kier molecular flexibility index (Phi) is 4.05. The minimum atomic E-state index is 0.265. The molecule has 2 rings (SSSR count). The molecule has 0 aliphatic heterocycles. The first-order chi connectivity index (χ1) is 8.70. The number of benzene rings is 1. The fourth-order valence-corrected chi connectivity index (χ4v) is 1.98. The van der Waals surface area contributed by atoms with Crippen molar-refractivity contribution in [2.45, 2.75) is 25.9 Å². The van der Waals surface area contributed by atoms with Crippen LogP contribution < -0.4 is 10.1 Å². The molecule has 0 saturated heterocycles. The maximum absolute atomic E-state index is 5.16. The van der Waals surface area contributed by atoms with E-state index in [0.717, 1.165) is 11.3 Å². The number of furan rings is 1. The van der Waals surface area contributed by atoms with Crippen LogP contribution in [0.25, 0.3) is 0 Å². The van der Waals surface area contributed by atoms with Gasteiger partial charge in [-0.25, -0.2) is 0 Å². The van der Waals surface area contributed by atoms with Gasteiger partial charge in [0.05, 0.1) is 19.6 Å². The van der Waals surface area contributed by atoms with Gasteiger partial charge in [0.15, 0.2) is 0 Å². The predicted molar refractivity (Wildman–Crippen MR) is 71.7 cm³/mol. The third-order valence-corrected chi connectivity index (χ3v) is 3.16. The summed E-state index contributed by atoms with van der Waals surface area (Å²) in [6.07, 6.45) is 3.48. The number of nitrogens with one attached hydrogen (secondary N) is 1. The van der Waals surface area contributed by atoms with Crippen LogP contribution >= 0.6 is 0 Å². The average Bonchev–Trinajstić information content (AvgIpc) is 2.92. The van der Waals surface area contributed by atoms with Gasteiger partial charge in [-0.15, -0.1) is 0 Å². The first-order valence-electron chi connectivity index (χ1n) is 6.13. The van der Waals surface area contributed by atoms with Crippen molar-refractivity contribution in [3.63, 3.8) is 0 Å². The summed E-state index contributed by atoms with van der Waals surface area (Å²) in [6.45, 7) is 4.28. The standard InChI is InChI=1S/C15H19NO2/c1-11(13-4-6-15(17-3)7-5-13)16-12(2)14-8-9-18-10-14/h4-12,16H,1-3H3/t11-,12?/m1/s1. The second-order valence-corrected chi connectivity index (χ2v) is 4.44. The normalized spacial score (nSPS) is 14.2. The van der Waals surface area contributed by atoms with E-state index in [4.69, 9.17) is 9.15 Å². The van der Waals surface area contributed by atoms with Crippen LogP contribution in [0.5, 0.6) is 5.75 Å². The molecule has 1 N–H and O–H groups in total. The quantitative estimate of drug-likeness (QED) is 0.872. The van der Waals surface area contributed by atoms with Gasteiger partial charge in [-0.05, 0) is 37.6 Å². The number of hydrogen-bond donors (Lipinski definition) is 1. The van der Waals surface area contributed by atoms with Crippen molar-refractivity contribution in [2.24, 2.45) is 0 Å². The van der Waals surface area contributed by atoms with Gasteiger partial charge in [0, 0.05) is 17.6 Å². The lowest BCUT2D eigenvalue weighted by Gasteiger charge is -2.19. The molecule has 0 amide bonds. The summed E-state index contributed by atoms with van der Waals surface area (Å²) in [5.41, 5.74) is 2.40. The van der Waals surface area contributed by atoms with Gasteiger partial charge in [-0.3, -0.25) is 0 Å². The smallest absolute Gasteiger partial charge is 0.118 e. The first-order valence-corrected chi connectivity index (χ1v) is 6.13. The van der Waals surface area contributed by atoms with Crippen LogP contribution in [0.15, 0.2) is 47.3 Å². The maximum atomic E-state index is 5.16. The van der Waals surface area contributed by atoms with E-state index in [9.17, 15) is 0 Å². The molecule has 3 heteroatoms. The summed E-state index contributed by atoms with van der Waals surface area (Å²) < 4.78 is 10.3. The summed E-state index contributed by atoms with van der Waals surface area (Å²) in [7, 11) is 1.68. The number of hydrogen-bond acceptors (Lipinski definition) is 3. The van der Waals surface area contributed by atoms with Crippen LogP contribution in [0.2, 0.25) is 0 Å². The first kappa shape index (κ1) is 12.7. The molecule has 3 nitrogen and oxygen atoms in total. The molecule has 0 radical (unpaired) electrons. The topological polar surface area (TPSA) is 34.4 Å². The molecule has 0 aliphatic carbocycles. The molecule has 1 heterocycles. The highest BCUT2D eigenvalue weighted by molar-refractivity contribution is 5.29. The fourth-order valence-electron chi connectivity index (χ4n) is 1.98. The van der Waals surface area contributed by atoms with E-state index in [1.54, 1.807) is 19.6 Å². The highest BCUT2D eigenvalue weighted by Gasteiger charge is 2.11. The van der Waals surface area contributed by atoms with Crippen molar-refractivity contribution >= 4 is 0 Å². The molecule has 1 unspecified atom stereocenters. The molecular formula is C15H19NO2. The monoisotopic (exact) mass is 245 g/mol. The molecule has 0 aliphatic rings. The second kappa shape index (κ2) is 5.74. The molecule has 18 heavy (non-hydrogen) atoms. The lowest BCUT2D eigenvalue weighted by atomic mass is 10.1. The van der Waals surface area contributed by atoms with E-state index in [2.05, 4.69) is 31.3 Å². The Hall–Kier alpha value is -1.74. The van der Waals surface area contributed by atoms with Crippen molar-refractivity contribution in [2.75, 3.05) is 7.11 Å². The minimum Gasteiger partial charge on any atom is -0.497 e. The van der Waals surface area contributed by atoms with Crippen LogP contribution in [-0.4, -0.2) is 7.11 Å². The van der Waals surface area contributed by atoms with Gasteiger partial charge in [-0.1, -0.05) is 12.1 Å². The Morgan fingerprint density at radius 1 is 1.00 bits per heavy atom. The minimum absolute atomic E-state index is 0.265. The molecule has 96 valence electrons.